The second-order valence-electron chi connectivity index (χ2n) is 5.91. The Morgan fingerprint density at radius 2 is 2.35 bits per heavy atom. The first-order valence-electron chi connectivity index (χ1n) is 7.81. The molecule has 0 amide bonds. The minimum atomic E-state index is 0.394. The summed E-state index contributed by atoms with van der Waals surface area (Å²) in [6, 6.07) is 2.67. The summed E-state index contributed by atoms with van der Waals surface area (Å²) in [7, 11) is 0. The number of hydrogen-bond acceptors (Lipinski definition) is 4. The van der Waals surface area contributed by atoms with Crippen LogP contribution >= 0.6 is 0 Å². The van der Waals surface area contributed by atoms with Crippen molar-refractivity contribution in [2.24, 2.45) is 0 Å². The molecular formula is C16H28N2O2. The van der Waals surface area contributed by atoms with Gasteiger partial charge in [-0.1, -0.05) is 13.8 Å². The minimum absolute atomic E-state index is 0.394. The largest absolute Gasteiger partial charge is 0.468 e. The van der Waals surface area contributed by atoms with Crippen LogP contribution in [0.1, 0.15) is 44.9 Å². The molecule has 2 heterocycles. The van der Waals surface area contributed by atoms with Crippen molar-refractivity contribution in [3.05, 3.63) is 23.7 Å². The lowest BCUT2D eigenvalue weighted by molar-refractivity contribution is 0.00201. The molecule has 1 fully saturated rings. The van der Waals surface area contributed by atoms with Crippen LogP contribution in [0, 0.1) is 0 Å². The van der Waals surface area contributed by atoms with Gasteiger partial charge in [-0.3, -0.25) is 4.90 Å². The summed E-state index contributed by atoms with van der Waals surface area (Å²) in [5, 5.41) is 3.41. The van der Waals surface area contributed by atoms with E-state index in [2.05, 4.69) is 37.1 Å². The van der Waals surface area contributed by atoms with Crippen LogP contribution in [-0.4, -0.2) is 36.7 Å². The third-order valence-electron chi connectivity index (χ3n) is 3.67. The molecule has 1 aliphatic heterocycles. The second-order valence-corrected chi connectivity index (χ2v) is 5.91. The molecule has 0 aromatic carbocycles. The molecule has 0 radical (unpaired) electrons. The number of rotatable bonds is 7. The Morgan fingerprint density at radius 1 is 1.50 bits per heavy atom. The Bertz CT molecular complexity index is 388. The average Bonchev–Trinajstić information content (AvgIpc) is 2.85. The van der Waals surface area contributed by atoms with Crippen LogP contribution in [0.2, 0.25) is 0 Å². The van der Waals surface area contributed by atoms with Gasteiger partial charge in [-0.25, -0.2) is 0 Å². The number of likely N-dealkylation sites (tertiary alicyclic amines) is 1. The molecule has 4 heteroatoms. The maximum Gasteiger partial charge on any atom is 0.118 e. The van der Waals surface area contributed by atoms with Gasteiger partial charge < -0.3 is 14.5 Å². The van der Waals surface area contributed by atoms with Crippen molar-refractivity contribution in [3.8, 4) is 0 Å². The van der Waals surface area contributed by atoms with E-state index in [-0.39, 0.29) is 0 Å². The third-order valence-corrected chi connectivity index (χ3v) is 3.67. The zero-order chi connectivity index (χ0) is 14.4. The number of nitrogens with one attached hydrogen (secondary N) is 1. The van der Waals surface area contributed by atoms with E-state index in [4.69, 9.17) is 9.15 Å². The molecule has 1 aromatic heterocycles. The molecule has 2 rings (SSSR count). The number of hydrogen-bond donors (Lipinski definition) is 1. The van der Waals surface area contributed by atoms with Crippen LogP contribution in [0.15, 0.2) is 16.7 Å². The molecule has 1 aliphatic rings. The Kier molecular flexibility index (Phi) is 6.07. The quantitative estimate of drug-likeness (QED) is 0.833. The summed E-state index contributed by atoms with van der Waals surface area (Å²) in [5.41, 5.74) is 1.23. The Balaban J connectivity index is 1.80. The van der Waals surface area contributed by atoms with Crippen LogP contribution < -0.4 is 5.32 Å². The smallest absolute Gasteiger partial charge is 0.118 e. The summed E-state index contributed by atoms with van der Waals surface area (Å²) >= 11 is 0. The number of ether oxygens (including phenoxy) is 1. The van der Waals surface area contributed by atoms with E-state index in [1.54, 1.807) is 0 Å². The standard InChI is InChI=1S/C16H28N2O2/c1-4-19-15-6-5-7-18(10-15)11-16-8-14(12-20-16)9-17-13(2)3/h8,12-13,15,17H,4-7,9-11H2,1-3H3. The molecule has 0 spiro atoms. The van der Waals surface area contributed by atoms with Gasteiger partial charge in [-0.05, 0) is 32.4 Å². The van der Waals surface area contributed by atoms with E-state index in [1.807, 2.05) is 6.26 Å². The van der Waals surface area contributed by atoms with Crippen molar-refractivity contribution in [2.75, 3.05) is 19.7 Å². The highest BCUT2D eigenvalue weighted by atomic mass is 16.5. The highest BCUT2D eigenvalue weighted by molar-refractivity contribution is 5.12. The first-order valence-corrected chi connectivity index (χ1v) is 7.81. The predicted octanol–water partition coefficient (Wildman–Crippen LogP) is 2.78. The number of piperidine rings is 1. The molecule has 1 saturated heterocycles. The van der Waals surface area contributed by atoms with E-state index >= 15 is 0 Å². The van der Waals surface area contributed by atoms with Gasteiger partial charge in [0.2, 0.25) is 0 Å². The molecule has 4 nitrogen and oxygen atoms in total. The van der Waals surface area contributed by atoms with Crippen molar-refractivity contribution >= 4 is 0 Å². The van der Waals surface area contributed by atoms with Gasteiger partial charge in [0.05, 0.1) is 18.9 Å². The molecule has 20 heavy (non-hydrogen) atoms. The van der Waals surface area contributed by atoms with Crippen LogP contribution in [0.4, 0.5) is 0 Å². The van der Waals surface area contributed by atoms with Gasteiger partial charge in [-0.15, -0.1) is 0 Å². The zero-order valence-electron chi connectivity index (χ0n) is 13.0. The lowest BCUT2D eigenvalue weighted by Gasteiger charge is -2.31. The van der Waals surface area contributed by atoms with Gasteiger partial charge in [-0.2, -0.15) is 0 Å². The maximum atomic E-state index is 5.74. The fourth-order valence-corrected chi connectivity index (χ4v) is 2.67. The first-order chi connectivity index (χ1) is 9.67. The van der Waals surface area contributed by atoms with Gasteiger partial charge >= 0.3 is 0 Å². The number of furan rings is 1. The summed E-state index contributed by atoms with van der Waals surface area (Å²) in [4.78, 5) is 2.43. The Hall–Kier alpha value is -0.840. The van der Waals surface area contributed by atoms with Crippen molar-refractivity contribution in [1.82, 2.24) is 10.2 Å². The maximum absolute atomic E-state index is 5.74. The molecule has 0 saturated carbocycles. The van der Waals surface area contributed by atoms with E-state index in [1.165, 1.54) is 18.4 Å². The van der Waals surface area contributed by atoms with Gasteiger partial charge in [0.1, 0.15) is 5.76 Å². The van der Waals surface area contributed by atoms with Crippen LogP contribution in [0.3, 0.4) is 0 Å². The average molecular weight is 280 g/mol. The second kappa shape index (κ2) is 7.81. The van der Waals surface area contributed by atoms with Crippen LogP contribution in [0.25, 0.3) is 0 Å². The van der Waals surface area contributed by atoms with Crippen molar-refractivity contribution in [3.63, 3.8) is 0 Å². The Labute approximate surface area is 122 Å². The molecular weight excluding hydrogens is 252 g/mol. The van der Waals surface area contributed by atoms with Crippen molar-refractivity contribution in [1.29, 1.82) is 0 Å². The molecule has 114 valence electrons. The SMILES string of the molecule is CCOC1CCCN(Cc2cc(CNC(C)C)co2)C1. The lowest BCUT2D eigenvalue weighted by atomic mass is 10.1. The van der Waals surface area contributed by atoms with E-state index < -0.39 is 0 Å². The summed E-state index contributed by atoms with van der Waals surface area (Å²) in [6.45, 7) is 11.1. The van der Waals surface area contributed by atoms with E-state index in [0.717, 1.165) is 38.5 Å². The monoisotopic (exact) mass is 280 g/mol. The highest BCUT2D eigenvalue weighted by Gasteiger charge is 2.20. The van der Waals surface area contributed by atoms with Crippen LogP contribution in [-0.2, 0) is 17.8 Å². The summed E-state index contributed by atoms with van der Waals surface area (Å²) in [6.07, 6.45) is 4.67. The lowest BCUT2D eigenvalue weighted by Crippen LogP contribution is -2.39. The van der Waals surface area contributed by atoms with E-state index in [9.17, 15) is 0 Å². The van der Waals surface area contributed by atoms with E-state index in [0.29, 0.717) is 12.1 Å². The van der Waals surface area contributed by atoms with Crippen molar-refractivity contribution < 1.29 is 9.15 Å². The highest BCUT2D eigenvalue weighted by Crippen LogP contribution is 2.17. The molecule has 1 unspecified atom stereocenters. The first kappa shape index (κ1) is 15.5. The molecule has 1 atom stereocenters. The third kappa shape index (κ3) is 4.93. The molecule has 0 aliphatic carbocycles. The van der Waals surface area contributed by atoms with Gasteiger partial charge in [0.15, 0.2) is 0 Å². The topological polar surface area (TPSA) is 37.6 Å². The molecule has 1 aromatic rings. The normalized spacial score (nSPS) is 20.7. The van der Waals surface area contributed by atoms with Crippen molar-refractivity contribution in [2.45, 2.75) is 58.8 Å². The summed E-state index contributed by atoms with van der Waals surface area (Å²) < 4.78 is 11.4. The predicted molar refractivity (Wildman–Crippen MR) is 80.6 cm³/mol. The fourth-order valence-electron chi connectivity index (χ4n) is 2.67. The Morgan fingerprint density at radius 3 is 3.10 bits per heavy atom. The summed E-state index contributed by atoms with van der Waals surface area (Å²) in [5.74, 6) is 1.06. The fraction of sp³-hybridized carbons (Fsp3) is 0.750. The van der Waals surface area contributed by atoms with Gasteiger partial charge in [0.25, 0.3) is 0 Å². The number of nitrogens with zero attached hydrogens (tertiary/aromatic N) is 1. The molecule has 1 N–H and O–H groups in total. The zero-order valence-corrected chi connectivity index (χ0v) is 13.0. The van der Waals surface area contributed by atoms with Gasteiger partial charge in [0, 0.05) is 31.3 Å². The molecule has 0 bridgehead atoms. The minimum Gasteiger partial charge on any atom is -0.468 e. The van der Waals surface area contributed by atoms with Crippen LogP contribution in [0.5, 0.6) is 0 Å².